The van der Waals surface area contributed by atoms with Crippen molar-refractivity contribution in [3.8, 4) is 0 Å². The Balaban J connectivity index is 2.08. The second kappa shape index (κ2) is 7.93. The molecule has 1 heterocycles. The minimum Gasteiger partial charge on any atom is -0.477 e. The van der Waals surface area contributed by atoms with E-state index in [9.17, 15) is 15.0 Å². The number of nitrogens with zero attached hydrogens (tertiary/aromatic N) is 2. The molecule has 0 radical (unpaired) electrons. The van der Waals surface area contributed by atoms with Gasteiger partial charge >= 0.3 is 5.97 Å². The molecule has 0 unspecified atom stereocenters. The van der Waals surface area contributed by atoms with E-state index in [2.05, 4.69) is 27.5 Å². The fourth-order valence-electron chi connectivity index (χ4n) is 2.52. The van der Waals surface area contributed by atoms with Crippen LogP contribution in [-0.2, 0) is 0 Å². The Morgan fingerprint density at radius 2 is 2.09 bits per heavy atom. The number of carbonyl (C=O) groups is 1. The predicted octanol–water partition coefficient (Wildman–Crippen LogP) is 2.10. The van der Waals surface area contributed by atoms with E-state index < -0.39 is 5.97 Å². The smallest absolute Gasteiger partial charge is 0.341 e. The van der Waals surface area contributed by atoms with Crippen LogP contribution >= 0.6 is 0 Å². The SMILES string of the molecule is CCCCNc1ncc(C(=O)O)c(N[C@H]2CC[C@H](O)CC2)n1. The van der Waals surface area contributed by atoms with Crippen LogP contribution < -0.4 is 10.6 Å². The number of rotatable bonds is 7. The van der Waals surface area contributed by atoms with E-state index in [1.807, 2.05) is 0 Å². The topological polar surface area (TPSA) is 107 Å². The van der Waals surface area contributed by atoms with Crippen molar-refractivity contribution in [3.05, 3.63) is 11.8 Å². The summed E-state index contributed by atoms with van der Waals surface area (Å²) in [5.74, 6) is -0.252. The van der Waals surface area contributed by atoms with Gasteiger partial charge in [-0.05, 0) is 32.1 Å². The van der Waals surface area contributed by atoms with Crippen LogP contribution in [0.25, 0.3) is 0 Å². The van der Waals surface area contributed by atoms with Crippen LogP contribution in [0.4, 0.5) is 11.8 Å². The summed E-state index contributed by atoms with van der Waals surface area (Å²) in [7, 11) is 0. The average molecular weight is 308 g/mol. The summed E-state index contributed by atoms with van der Waals surface area (Å²) < 4.78 is 0. The molecule has 22 heavy (non-hydrogen) atoms. The second-order valence-corrected chi connectivity index (χ2v) is 5.69. The fourth-order valence-corrected chi connectivity index (χ4v) is 2.52. The summed E-state index contributed by atoms with van der Waals surface area (Å²) in [6, 6.07) is 0.139. The summed E-state index contributed by atoms with van der Waals surface area (Å²) in [5, 5.41) is 25.1. The lowest BCUT2D eigenvalue weighted by molar-refractivity contribution is 0.0696. The summed E-state index contributed by atoms with van der Waals surface area (Å²) in [4.78, 5) is 19.7. The largest absolute Gasteiger partial charge is 0.477 e. The molecule has 0 spiro atoms. The van der Waals surface area contributed by atoms with Crippen molar-refractivity contribution in [1.82, 2.24) is 9.97 Å². The van der Waals surface area contributed by atoms with Crippen LogP contribution in [0.5, 0.6) is 0 Å². The predicted molar refractivity (Wildman–Crippen MR) is 84.3 cm³/mol. The standard InChI is InChI=1S/C15H24N4O3/c1-2-3-8-16-15-17-9-12(14(21)22)13(19-15)18-10-4-6-11(20)7-5-10/h9-11,20H,2-8H2,1H3,(H,21,22)(H2,16,17,18,19)/t10-,11-. The molecule has 0 aromatic carbocycles. The first-order valence-electron chi connectivity index (χ1n) is 7.89. The Bertz CT molecular complexity index is 502. The molecule has 0 aliphatic heterocycles. The number of aliphatic hydroxyl groups excluding tert-OH is 1. The third-order valence-corrected chi connectivity index (χ3v) is 3.87. The fraction of sp³-hybridized carbons (Fsp3) is 0.667. The number of carboxylic acid groups (broad SMARTS) is 1. The van der Waals surface area contributed by atoms with Gasteiger partial charge in [0.25, 0.3) is 0 Å². The number of hydrogen-bond donors (Lipinski definition) is 4. The molecule has 2 rings (SSSR count). The molecule has 1 aliphatic carbocycles. The molecule has 1 aromatic rings. The molecule has 1 saturated carbocycles. The van der Waals surface area contributed by atoms with Crippen molar-refractivity contribution in [3.63, 3.8) is 0 Å². The molecule has 1 aliphatic rings. The van der Waals surface area contributed by atoms with E-state index in [1.165, 1.54) is 6.20 Å². The minimum absolute atomic E-state index is 0.0761. The van der Waals surface area contributed by atoms with Crippen molar-refractivity contribution in [2.24, 2.45) is 0 Å². The Kier molecular flexibility index (Phi) is 5.94. The van der Waals surface area contributed by atoms with Crippen LogP contribution in [0.2, 0.25) is 0 Å². The average Bonchev–Trinajstić information content (AvgIpc) is 2.50. The number of unbranched alkanes of at least 4 members (excludes halogenated alkanes) is 1. The van der Waals surface area contributed by atoms with Crippen LogP contribution in [0.15, 0.2) is 6.20 Å². The molecule has 4 N–H and O–H groups in total. The number of aliphatic hydroxyl groups is 1. The number of hydrogen-bond acceptors (Lipinski definition) is 6. The van der Waals surface area contributed by atoms with Gasteiger partial charge in [0.2, 0.25) is 5.95 Å². The molecule has 1 fully saturated rings. The maximum absolute atomic E-state index is 11.3. The van der Waals surface area contributed by atoms with E-state index in [1.54, 1.807) is 0 Å². The van der Waals surface area contributed by atoms with Gasteiger partial charge < -0.3 is 20.8 Å². The van der Waals surface area contributed by atoms with Gasteiger partial charge in [0.1, 0.15) is 11.4 Å². The molecule has 122 valence electrons. The van der Waals surface area contributed by atoms with Crippen molar-refractivity contribution in [2.75, 3.05) is 17.2 Å². The zero-order valence-corrected chi connectivity index (χ0v) is 12.9. The van der Waals surface area contributed by atoms with E-state index in [-0.39, 0.29) is 17.7 Å². The Labute approximate surface area is 130 Å². The highest BCUT2D eigenvalue weighted by atomic mass is 16.4. The first-order chi connectivity index (χ1) is 10.6. The molecule has 0 saturated heterocycles. The van der Waals surface area contributed by atoms with Crippen LogP contribution in [0, 0.1) is 0 Å². The summed E-state index contributed by atoms with van der Waals surface area (Å²) >= 11 is 0. The van der Waals surface area contributed by atoms with E-state index in [0.717, 1.165) is 45.1 Å². The zero-order valence-electron chi connectivity index (χ0n) is 12.9. The highest BCUT2D eigenvalue weighted by Crippen LogP contribution is 2.23. The highest BCUT2D eigenvalue weighted by molar-refractivity contribution is 5.93. The monoisotopic (exact) mass is 308 g/mol. The van der Waals surface area contributed by atoms with Gasteiger partial charge in [-0.2, -0.15) is 4.98 Å². The Hall–Kier alpha value is -1.89. The maximum atomic E-state index is 11.3. The lowest BCUT2D eigenvalue weighted by Gasteiger charge is -2.27. The summed E-state index contributed by atoms with van der Waals surface area (Å²) in [5.41, 5.74) is 0.0761. The van der Waals surface area contributed by atoms with Gasteiger partial charge in [-0.1, -0.05) is 13.3 Å². The third-order valence-electron chi connectivity index (χ3n) is 3.87. The first-order valence-corrected chi connectivity index (χ1v) is 7.89. The molecule has 7 nitrogen and oxygen atoms in total. The Morgan fingerprint density at radius 3 is 2.73 bits per heavy atom. The zero-order chi connectivity index (χ0) is 15.9. The van der Waals surface area contributed by atoms with Gasteiger partial charge in [-0.25, -0.2) is 9.78 Å². The van der Waals surface area contributed by atoms with Crippen molar-refractivity contribution < 1.29 is 15.0 Å². The van der Waals surface area contributed by atoms with Gasteiger partial charge in [-0.15, -0.1) is 0 Å². The third kappa shape index (κ3) is 4.56. The molecular weight excluding hydrogens is 284 g/mol. The normalized spacial score (nSPS) is 21.4. The van der Waals surface area contributed by atoms with E-state index >= 15 is 0 Å². The van der Waals surface area contributed by atoms with Gasteiger partial charge in [0.05, 0.1) is 6.10 Å². The summed E-state index contributed by atoms with van der Waals surface area (Å²) in [6.45, 7) is 2.86. The van der Waals surface area contributed by atoms with Gasteiger partial charge in [0.15, 0.2) is 0 Å². The molecule has 0 atom stereocenters. The first kappa shape index (κ1) is 16.5. The molecule has 0 bridgehead atoms. The van der Waals surface area contributed by atoms with E-state index in [4.69, 9.17) is 0 Å². The van der Waals surface area contributed by atoms with E-state index in [0.29, 0.717) is 11.8 Å². The second-order valence-electron chi connectivity index (χ2n) is 5.69. The van der Waals surface area contributed by atoms with Crippen molar-refractivity contribution in [1.29, 1.82) is 0 Å². The molecule has 0 amide bonds. The number of aromatic carboxylic acids is 1. The Morgan fingerprint density at radius 1 is 1.36 bits per heavy atom. The van der Waals surface area contributed by atoms with Crippen molar-refractivity contribution in [2.45, 2.75) is 57.6 Å². The molecule has 1 aromatic heterocycles. The number of aromatic nitrogens is 2. The maximum Gasteiger partial charge on any atom is 0.341 e. The van der Waals surface area contributed by atoms with Gasteiger partial charge in [0, 0.05) is 18.8 Å². The van der Waals surface area contributed by atoms with Crippen molar-refractivity contribution >= 4 is 17.7 Å². The summed E-state index contributed by atoms with van der Waals surface area (Å²) in [6.07, 6.45) is 6.24. The minimum atomic E-state index is -1.04. The lowest BCUT2D eigenvalue weighted by Crippen LogP contribution is -2.29. The lowest BCUT2D eigenvalue weighted by atomic mass is 9.93. The number of anilines is 2. The van der Waals surface area contributed by atoms with Crippen LogP contribution in [-0.4, -0.2) is 44.8 Å². The quantitative estimate of drug-likeness (QED) is 0.571. The van der Waals surface area contributed by atoms with Crippen LogP contribution in [0.3, 0.4) is 0 Å². The number of nitrogens with one attached hydrogen (secondary N) is 2. The molecule has 7 heteroatoms. The highest BCUT2D eigenvalue weighted by Gasteiger charge is 2.22. The number of carboxylic acids is 1. The molecular formula is C15H24N4O3. The van der Waals surface area contributed by atoms with Crippen LogP contribution in [0.1, 0.15) is 55.8 Å². The van der Waals surface area contributed by atoms with Gasteiger partial charge in [-0.3, -0.25) is 0 Å².